The Hall–Kier alpha value is -2.59. The highest BCUT2D eigenvalue weighted by molar-refractivity contribution is 7.54. The number of fused-ring (bicyclic) bond motifs is 1. The van der Waals surface area contributed by atoms with Crippen LogP contribution in [0.25, 0.3) is 0 Å². The SMILES string of the molecule is COC(=O)CC[C@@H]1N=C(c2ccccc2)c2cc(Cl)ccc2N=C1OP(=O)(N1CCOCC1)N1CCOCC1. The van der Waals surface area contributed by atoms with E-state index in [2.05, 4.69) is 0 Å². The van der Waals surface area contributed by atoms with Gasteiger partial charge in [-0.3, -0.25) is 9.79 Å². The van der Waals surface area contributed by atoms with E-state index in [9.17, 15) is 9.36 Å². The van der Waals surface area contributed by atoms with E-state index in [1.54, 1.807) is 12.1 Å². The second-order valence-corrected chi connectivity index (χ2v) is 12.0. The average Bonchev–Trinajstić information content (AvgIpc) is 3.13. The minimum absolute atomic E-state index is 0.0889. The first kappa shape index (κ1) is 28.0. The maximum absolute atomic E-state index is 14.8. The molecule has 3 aliphatic rings. The molecule has 0 aliphatic carbocycles. The fourth-order valence-electron chi connectivity index (χ4n) is 4.75. The summed E-state index contributed by atoms with van der Waals surface area (Å²) in [7, 11) is -2.25. The number of aliphatic imine (C=N–C) groups is 2. The Morgan fingerprint density at radius 1 is 1.03 bits per heavy atom. The number of methoxy groups -OCH3 is 1. The molecule has 5 rings (SSSR count). The third-order valence-electron chi connectivity index (χ3n) is 6.81. The van der Waals surface area contributed by atoms with Crippen molar-refractivity contribution in [3.63, 3.8) is 0 Å². The summed E-state index contributed by atoms with van der Waals surface area (Å²) in [5, 5.41) is 0.537. The van der Waals surface area contributed by atoms with Gasteiger partial charge < -0.3 is 18.7 Å². The average molecular weight is 575 g/mol. The van der Waals surface area contributed by atoms with Crippen LogP contribution in [-0.2, 0) is 28.1 Å². The Kier molecular flexibility index (Phi) is 9.12. The van der Waals surface area contributed by atoms with Gasteiger partial charge in [-0.25, -0.2) is 18.9 Å². The van der Waals surface area contributed by atoms with Gasteiger partial charge in [0, 0.05) is 48.7 Å². The summed E-state index contributed by atoms with van der Waals surface area (Å²) in [5.41, 5.74) is 2.85. The van der Waals surface area contributed by atoms with Crippen LogP contribution in [0.1, 0.15) is 24.0 Å². The van der Waals surface area contributed by atoms with Gasteiger partial charge in [0.25, 0.3) is 0 Å². The van der Waals surface area contributed by atoms with Crippen molar-refractivity contribution < 1.29 is 28.1 Å². The molecule has 208 valence electrons. The first-order valence-electron chi connectivity index (χ1n) is 13.0. The molecule has 0 unspecified atom stereocenters. The van der Waals surface area contributed by atoms with Crippen LogP contribution in [0.5, 0.6) is 0 Å². The molecule has 0 bridgehead atoms. The van der Waals surface area contributed by atoms with Crippen LogP contribution >= 0.6 is 19.3 Å². The molecule has 0 N–H and O–H groups in total. The molecule has 0 amide bonds. The van der Waals surface area contributed by atoms with E-state index in [1.807, 2.05) is 45.7 Å². The summed E-state index contributed by atoms with van der Waals surface area (Å²) in [6, 6.07) is 14.4. The lowest BCUT2D eigenvalue weighted by Gasteiger charge is -2.41. The number of nitrogens with zero attached hydrogens (tertiary/aromatic N) is 4. The number of hydrogen-bond donors (Lipinski definition) is 0. The fourth-order valence-corrected chi connectivity index (χ4v) is 7.25. The summed E-state index contributed by atoms with van der Waals surface area (Å²) in [5.74, 6) is -0.185. The zero-order valence-electron chi connectivity index (χ0n) is 21.8. The van der Waals surface area contributed by atoms with Gasteiger partial charge in [0.2, 0.25) is 5.90 Å². The van der Waals surface area contributed by atoms with Crippen LogP contribution in [0, 0.1) is 0 Å². The molecule has 39 heavy (non-hydrogen) atoms. The molecule has 0 radical (unpaired) electrons. The zero-order valence-corrected chi connectivity index (χ0v) is 23.5. The summed E-state index contributed by atoms with van der Waals surface area (Å²) in [6.45, 7) is 3.64. The highest BCUT2D eigenvalue weighted by atomic mass is 35.5. The van der Waals surface area contributed by atoms with Gasteiger partial charge in [0.15, 0.2) is 0 Å². The van der Waals surface area contributed by atoms with E-state index < -0.39 is 13.7 Å². The maximum atomic E-state index is 14.8. The molecule has 2 aromatic rings. The van der Waals surface area contributed by atoms with Crippen LogP contribution in [0.3, 0.4) is 0 Å². The predicted octanol–water partition coefficient (Wildman–Crippen LogP) is 4.33. The summed E-state index contributed by atoms with van der Waals surface area (Å²) < 4.78 is 41.0. The number of hydrogen-bond acceptors (Lipinski definition) is 8. The van der Waals surface area contributed by atoms with E-state index in [0.29, 0.717) is 69.0 Å². The van der Waals surface area contributed by atoms with Crippen LogP contribution in [-0.4, -0.2) is 92.7 Å². The standard InChI is InChI=1S/C27H32ClN4O6P/c1-35-25(33)10-9-24-27(38-39(34,31-11-15-36-16-12-31)32-13-17-37-18-14-32)30-23-8-7-21(28)19-22(23)26(29-24)20-5-3-2-4-6-20/h2-8,19,24H,9-18H2,1H3/t24-/m0/s1. The second kappa shape index (κ2) is 12.7. The van der Waals surface area contributed by atoms with Crippen molar-refractivity contribution in [1.29, 1.82) is 0 Å². The molecule has 0 saturated carbocycles. The molecule has 10 nitrogen and oxygen atoms in total. The number of halogens is 1. The van der Waals surface area contributed by atoms with Gasteiger partial charge in [-0.15, -0.1) is 0 Å². The lowest BCUT2D eigenvalue weighted by Crippen LogP contribution is -2.44. The molecule has 3 aliphatic heterocycles. The van der Waals surface area contributed by atoms with E-state index in [4.69, 9.17) is 40.3 Å². The Morgan fingerprint density at radius 2 is 1.67 bits per heavy atom. The van der Waals surface area contributed by atoms with E-state index >= 15 is 0 Å². The lowest BCUT2D eigenvalue weighted by atomic mass is 10.0. The molecule has 2 aromatic carbocycles. The van der Waals surface area contributed by atoms with Gasteiger partial charge in [-0.1, -0.05) is 41.9 Å². The maximum Gasteiger partial charge on any atom is 0.397 e. The van der Waals surface area contributed by atoms with Crippen LogP contribution in [0.2, 0.25) is 5.02 Å². The Balaban J connectivity index is 1.61. The Bertz CT molecular complexity index is 1260. The second-order valence-electron chi connectivity index (χ2n) is 9.30. The molecule has 12 heteroatoms. The van der Waals surface area contributed by atoms with Crippen molar-refractivity contribution >= 4 is 42.5 Å². The zero-order chi connectivity index (χ0) is 27.2. The van der Waals surface area contributed by atoms with Crippen LogP contribution in [0.15, 0.2) is 58.5 Å². The summed E-state index contributed by atoms with van der Waals surface area (Å²) >= 11 is 6.41. The number of benzene rings is 2. The van der Waals surface area contributed by atoms with Crippen LogP contribution in [0.4, 0.5) is 5.69 Å². The lowest BCUT2D eigenvalue weighted by molar-refractivity contribution is -0.140. The van der Waals surface area contributed by atoms with Crippen molar-refractivity contribution in [2.75, 3.05) is 59.7 Å². The molecule has 0 aromatic heterocycles. The number of carbonyl (C=O) groups excluding carboxylic acids is 1. The van der Waals surface area contributed by atoms with E-state index in [1.165, 1.54) is 7.11 Å². The number of rotatable bonds is 7. The highest BCUT2D eigenvalue weighted by Gasteiger charge is 2.44. The molecule has 2 saturated heterocycles. The number of carbonyl (C=O) groups is 1. The van der Waals surface area contributed by atoms with Crippen molar-refractivity contribution in [3.8, 4) is 0 Å². The van der Waals surface area contributed by atoms with Crippen molar-refractivity contribution in [2.24, 2.45) is 9.98 Å². The predicted molar refractivity (Wildman–Crippen MR) is 149 cm³/mol. The number of morpholine rings is 2. The molecule has 0 spiro atoms. The first-order valence-corrected chi connectivity index (χ1v) is 14.9. The number of ether oxygens (including phenoxy) is 3. The monoisotopic (exact) mass is 574 g/mol. The van der Waals surface area contributed by atoms with Crippen LogP contribution < -0.4 is 0 Å². The molecule has 2 fully saturated rings. The minimum Gasteiger partial charge on any atom is -0.469 e. The van der Waals surface area contributed by atoms with Crippen molar-refractivity contribution in [3.05, 3.63) is 64.7 Å². The van der Waals surface area contributed by atoms with Crippen molar-refractivity contribution in [2.45, 2.75) is 18.9 Å². The first-order chi connectivity index (χ1) is 19.0. The molecular formula is C27H32ClN4O6P. The third kappa shape index (κ3) is 6.43. The largest absolute Gasteiger partial charge is 0.469 e. The minimum atomic E-state index is -3.60. The van der Waals surface area contributed by atoms with E-state index in [0.717, 1.165) is 11.1 Å². The van der Waals surface area contributed by atoms with Gasteiger partial charge in [0.05, 0.1) is 44.9 Å². The van der Waals surface area contributed by atoms with Gasteiger partial charge >= 0.3 is 13.6 Å². The van der Waals surface area contributed by atoms with Crippen molar-refractivity contribution in [1.82, 2.24) is 9.34 Å². The molecular weight excluding hydrogens is 543 g/mol. The van der Waals surface area contributed by atoms with E-state index in [-0.39, 0.29) is 24.7 Å². The summed E-state index contributed by atoms with van der Waals surface area (Å²) in [6.07, 6.45) is 0.349. The normalized spacial score (nSPS) is 20.8. The Labute approximate surface area is 233 Å². The smallest absolute Gasteiger partial charge is 0.397 e. The highest BCUT2D eigenvalue weighted by Crippen LogP contribution is 2.55. The number of esters is 1. The quantitative estimate of drug-likeness (QED) is 0.356. The molecule has 1 atom stereocenters. The fraction of sp³-hybridized carbons (Fsp3) is 0.444. The topological polar surface area (TPSA) is 102 Å². The molecule has 3 heterocycles. The summed E-state index contributed by atoms with van der Waals surface area (Å²) in [4.78, 5) is 22.1. The van der Waals surface area contributed by atoms with Gasteiger partial charge in [0.1, 0.15) is 6.04 Å². The Morgan fingerprint density at radius 3 is 2.28 bits per heavy atom. The van der Waals surface area contributed by atoms with Gasteiger partial charge in [-0.05, 0) is 24.6 Å². The third-order valence-corrected chi connectivity index (χ3v) is 9.70. The van der Waals surface area contributed by atoms with Gasteiger partial charge in [-0.2, -0.15) is 0 Å².